The van der Waals surface area contributed by atoms with Gasteiger partial charge in [-0.05, 0) is 39.0 Å². The quantitative estimate of drug-likeness (QED) is 0.873. The maximum Gasteiger partial charge on any atom is 0.433 e. The average molecular weight is 301 g/mol. The number of halogens is 3. The van der Waals surface area contributed by atoms with E-state index in [-0.39, 0.29) is 11.2 Å². The van der Waals surface area contributed by atoms with Crippen LogP contribution in [0.2, 0.25) is 0 Å². The molecule has 0 saturated carbocycles. The highest BCUT2D eigenvalue weighted by molar-refractivity contribution is 5.85. The SMILES string of the molecule is CC(C)(C)OC(=O)Nc1cnn2c(C(F)(F)F)ccc2c1. The maximum atomic E-state index is 12.7. The molecule has 5 nitrogen and oxygen atoms in total. The molecule has 2 aromatic heterocycles. The molecule has 0 aliphatic carbocycles. The van der Waals surface area contributed by atoms with Gasteiger partial charge in [0.05, 0.1) is 17.4 Å². The maximum absolute atomic E-state index is 12.7. The number of alkyl halides is 3. The molecule has 0 aliphatic rings. The molecular formula is C13H14F3N3O2. The van der Waals surface area contributed by atoms with Gasteiger partial charge in [-0.1, -0.05) is 0 Å². The van der Waals surface area contributed by atoms with Gasteiger partial charge in [-0.15, -0.1) is 0 Å². The van der Waals surface area contributed by atoms with Gasteiger partial charge in [-0.25, -0.2) is 9.31 Å². The Morgan fingerprint density at radius 1 is 1.29 bits per heavy atom. The van der Waals surface area contributed by atoms with Crippen molar-refractivity contribution in [3.05, 3.63) is 30.1 Å². The predicted molar refractivity (Wildman–Crippen MR) is 70.1 cm³/mol. The number of amides is 1. The Balaban J connectivity index is 2.23. The zero-order chi connectivity index (χ0) is 15.8. The fourth-order valence-corrected chi connectivity index (χ4v) is 1.70. The molecule has 0 atom stereocenters. The number of nitrogens with one attached hydrogen (secondary N) is 1. The van der Waals surface area contributed by atoms with E-state index in [9.17, 15) is 18.0 Å². The highest BCUT2D eigenvalue weighted by atomic mass is 19.4. The number of carbonyl (C=O) groups is 1. The van der Waals surface area contributed by atoms with Gasteiger partial charge in [-0.3, -0.25) is 5.32 Å². The molecule has 2 heterocycles. The largest absolute Gasteiger partial charge is 0.444 e. The smallest absolute Gasteiger partial charge is 0.433 e. The second-order valence-electron chi connectivity index (χ2n) is 5.42. The Morgan fingerprint density at radius 2 is 1.95 bits per heavy atom. The van der Waals surface area contributed by atoms with Crippen molar-refractivity contribution >= 4 is 17.3 Å². The lowest BCUT2D eigenvalue weighted by atomic mass is 10.2. The molecule has 0 spiro atoms. The van der Waals surface area contributed by atoms with Crippen LogP contribution in [0.1, 0.15) is 26.5 Å². The average Bonchev–Trinajstić information content (AvgIpc) is 2.68. The van der Waals surface area contributed by atoms with Gasteiger partial charge >= 0.3 is 12.3 Å². The zero-order valence-corrected chi connectivity index (χ0v) is 11.7. The zero-order valence-electron chi connectivity index (χ0n) is 11.7. The van der Waals surface area contributed by atoms with Crippen LogP contribution in [-0.4, -0.2) is 21.3 Å². The fraction of sp³-hybridized carbons (Fsp3) is 0.385. The third-order valence-corrected chi connectivity index (χ3v) is 2.44. The number of nitrogens with zero attached hydrogens (tertiary/aromatic N) is 2. The first-order valence-electron chi connectivity index (χ1n) is 6.11. The van der Waals surface area contributed by atoms with E-state index in [0.29, 0.717) is 0 Å². The highest BCUT2D eigenvalue weighted by Gasteiger charge is 2.34. The summed E-state index contributed by atoms with van der Waals surface area (Å²) < 4.78 is 43.9. The number of anilines is 1. The van der Waals surface area contributed by atoms with Gasteiger partial charge in [0.15, 0.2) is 0 Å². The van der Waals surface area contributed by atoms with Crippen molar-refractivity contribution in [2.24, 2.45) is 0 Å². The summed E-state index contributed by atoms with van der Waals surface area (Å²) in [6.45, 7) is 5.12. The van der Waals surface area contributed by atoms with E-state index < -0.39 is 23.6 Å². The summed E-state index contributed by atoms with van der Waals surface area (Å²) in [5.41, 5.74) is -1.07. The molecule has 0 aliphatic heterocycles. The normalized spacial score (nSPS) is 12.5. The monoisotopic (exact) mass is 301 g/mol. The highest BCUT2D eigenvalue weighted by Crippen LogP contribution is 2.30. The van der Waals surface area contributed by atoms with Gasteiger partial charge in [0.2, 0.25) is 0 Å². The van der Waals surface area contributed by atoms with E-state index in [1.165, 1.54) is 12.1 Å². The van der Waals surface area contributed by atoms with Crippen LogP contribution in [-0.2, 0) is 10.9 Å². The summed E-state index contributed by atoms with van der Waals surface area (Å²) in [6, 6.07) is 3.59. The van der Waals surface area contributed by atoms with Crippen molar-refractivity contribution in [1.82, 2.24) is 9.61 Å². The number of hydrogen-bond donors (Lipinski definition) is 1. The molecule has 8 heteroatoms. The number of aromatic nitrogens is 2. The Kier molecular flexibility index (Phi) is 3.56. The first-order valence-corrected chi connectivity index (χ1v) is 6.11. The van der Waals surface area contributed by atoms with E-state index in [4.69, 9.17) is 4.74 Å². The summed E-state index contributed by atoms with van der Waals surface area (Å²) in [6.07, 6.45) is -4.05. The molecule has 0 saturated heterocycles. The molecule has 0 unspecified atom stereocenters. The third kappa shape index (κ3) is 3.65. The number of rotatable bonds is 1. The number of fused-ring (bicyclic) bond motifs is 1. The van der Waals surface area contributed by atoms with Crippen molar-refractivity contribution in [2.45, 2.75) is 32.5 Å². The third-order valence-electron chi connectivity index (χ3n) is 2.44. The van der Waals surface area contributed by atoms with E-state index >= 15 is 0 Å². The van der Waals surface area contributed by atoms with Crippen LogP contribution >= 0.6 is 0 Å². The van der Waals surface area contributed by atoms with Crippen molar-refractivity contribution in [1.29, 1.82) is 0 Å². The van der Waals surface area contributed by atoms with Crippen LogP contribution < -0.4 is 5.32 Å². The fourth-order valence-electron chi connectivity index (χ4n) is 1.70. The Bertz CT molecular complexity index is 671. The summed E-state index contributed by atoms with van der Waals surface area (Å²) in [7, 11) is 0. The van der Waals surface area contributed by atoms with Gasteiger partial charge in [0, 0.05) is 0 Å². The lowest BCUT2D eigenvalue weighted by molar-refractivity contribution is -0.142. The molecule has 2 aromatic rings. The summed E-state index contributed by atoms with van der Waals surface area (Å²) in [5, 5.41) is 6.10. The molecule has 2 rings (SSSR count). The standard InChI is InChI=1S/C13H14F3N3O2/c1-12(2,3)21-11(20)18-8-6-9-4-5-10(13(14,15)16)19(9)17-7-8/h4-7H,1-3H3,(H,18,20). The molecule has 114 valence electrons. The predicted octanol–water partition coefficient (Wildman–Crippen LogP) is 3.70. The molecule has 0 aromatic carbocycles. The molecule has 21 heavy (non-hydrogen) atoms. The van der Waals surface area contributed by atoms with E-state index in [1.807, 2.05) is 0 Å². The van der Waals surface area contributed by atoms with Gasteiger partial charge in [0.1, 0.15) is 11.3 Å². The van der Waals surface area contributed by atoms with Crippen LogP contribution in [0.25, 0.3) is 5.52 Å². The molecule has 0 fully saturated rings. The Labute approximate surface area is 118 Å². The minimum atomic E-state index is -4.49. The minimum Gasteiger partial charge on any atom is -0.444 e. The van der Waals surface area contributed by atoms with Crippen molar-refractivity contribution in [3.8, 4) is 0 Å². The Hall–Kier alpha value is -2.25. The summed E-state index contributed by atoms with van der Waals surface area (Å²) >= 11 is 0. The second kappa shape index (κ2) is 4.94. The molecule has 1 N–H and O–H groups in total. The van der Waals surface area contributed by atoms with Crippen LogP contribution in [0, 0.1) is 0 Å². The number of carbonyl (C=O) groups excluding carboxylic acids is 1. The van der Waals surface area contributed by atoms with Gasteiger partial charge < -0.3 is 4.74 Å². The van der Waals surface area contributed by atoms with Crippen LogP contribution in [0.15, 0.2) is 24.4 Å². The first kappa shape index (κ1) is 15.1. The van der Waals surface area contributed by atoms with Crippen LogP contribution in [0.3, 0.4) is 0 Å². The van der Waals surface area contributed by atoms with Gasteiger partial charge in [-0.2, -0.15) is 18.3 Å². The van der Waals surface area contributed by atoms with Gasteiger partial charge in [0.25, 0.3) is 0 Å². The van der Waals surface area contributed by atoms with Crippen LogP contribution in [0.5, 0.6) is 0 Å². The van der Waals surface area contributed by atoms with Crippen LogP contribution in [0.4, 0.5) is 23.7 Å². The van der Waals surface area contributed by atoms with E-state index in [1.54, 1.807) is 20.8 Å². The lowest BCUT2D eigenvalue weighted by Gasteiger charge is -2.19. The molecule has 0 bridgehead atoms. The topological polar surface area (TPSA) is 55.6 Å². The number of hydrogen-bond acceptors (Lipinski definition) is 3. The summed E-state index contributed by atoms with van der Waals surface area (Å²) in [4.78, 5) is 11.6. The minimum absolute atomic E-state index is 0.218. The Morgan fingerprint density at radius 3 is 2.52 bits per heavy atom. The molecule has 0 radical (unpaired) electrons. The van der Waals surface area contributed by atoms with Crippen molar-refractivity contribution in [2.75, 3.05) is 5.32 Å². The van der Waals surface area contributed by atoms with E-state index in [2.05, 4.69) is 10.4 Å². The summed E-state index contributed by atoms with van der Waals surface area (Å²) in [5.74, 6) is 0. The number of ether oxygens (including phenoxy) is 1. The van der Waals surface area contributed by atoms with Crippen molar-refractivity contribution in [3.63, 3.8) is 0 Å². The van der Waals surface area contributed by atoms with E-state index in [0.717, 1.165) is 16.8 Å². The first-order chi connectivity index (χ1) is 9.56. The van der Waals surface area contributed by atoms with Crippen molar-refractivity contribution < 1.29 is 22.7 Å². The lowest BCUT2D eigenvalue weighted by Crippen LogP contribution is -2.27. The molecule has 1 amide bonds. The second-order valence-corrected chi connectivity index (χ2v) is 5.42. The molecular weight excluding hydrogens is 287 g/mol.